The molecule has 3 aromatic rings. The highest BCUT2D eigenvalue weighted by molar-refractivity contribution is 6.33. The molecule has 210 valence electrons. The molecule has 8 nitrogen and oxygen atoms in total. The third-order valence-electron chi connectivity index (χ3n) is 8.71. The number of alkyl halides is 2. The molecule has 2 aromatic carbocycles. The zero-order valence-electron chi connectivity index (χ0n) is 22.3. The van der Waals surface area contributed by atoms with Crippen LogP contribution in [0.1, 0.15) is 78.1 Å². The van der Waals surface area contributed by atoms with Crippen LogP contribution in [0.5, 0.6) is 0 Å². The van der Waals surface area contributed by atoms with E-state index in [-0.39, 0.29) is 37.2 Å². The van der Waals surface area contributed by atoms with Gasteiger partial charge in [-0.1, -0.05) is 23.7 Å². The van der Waals surface area contributed by atoms with Crippen molar-refractivity contribution in [2.45, 2.75) is 75.1 Å². The van der Waals surface area contributed by atoms with E-state index in [4.69, 9.17) is 16.3 Å². The number of aryl methyl sites for hydroxylation is 1. The molecule has 6 rings (SSSR count). The highest BCUT2D eigenvalue weighted by Crippen LogP contribution is 2.55. The first-order chi connectivity index (χ1) is 19.0. The summed E-state index contributed by atoms with van der Waals surface area (Å²) in [6, 6.07) is 10.5. The fourth-order valence-electron chi connectivity index (χ4n) is 6.33. The minimum absolute atomic E-state index is 0.0738. The smallest absolute Gasteiger partial charge is 0.295 e. The molecule has 1 atom stereocenters. The Morgan fingerprint density at radius 1 is 1.23 bits per heavy atom. The van der Waals surface area contributed by atoms with E-state index < -0.39 is 17.6 Å². The molecule has 1 unspecified atom stereocenters. The van der Waals surface area contributed by atoms with Crippen molar-refractivity contribution in [2.24, 2.45) is 7.05 Å². The number of carbonyl (C=O) groups is 2. The van der Waals surface area contributed by atoms with Gasteiger partial charge in [0.15, 0.2) is 0 Å². The molecule has 1 N–H and O–H groups in total. The van der Waals surface area contributed by atoms with Crippen molar-refractivity contribution in [1.29, 1.82) is 0 Å². The second kappa shape index (κ2) is 9.62. The topological polar surface area (TPSA) is 89.3 Å². The van der Waals surface area contributed by atoms with Crippen LogP contribution >= 0.6 is 11.6 Å². The Balaban J connectivity index is 1.34. The minimum atomic E-state index is -2.80. The molecular weight excluding hydrogens is 540 g/mol. The first-order valence-electron chi connectivity index (χ1n) is 13.3. The number of anilines is 1. The second-order valence-electron chi connectivity index (χ2n) is 11.6. The number of ether oxygens (including phenoxy) is 1. The van der Waals surface area contributed by atoms with Crippen molar-refractivity contribution < 1.29 is 23.1 Å². The van der Waals surface area contributed by atoms with Crippen molar-refractivity contribution in [2.75, 3.05) is 4.90 Å². The number of halogens is 3. The molecule has 0 bridgehead atoms. The lowest BCUT2D eigenvalue weighted by Crippen LogP contribution is -2.51. The predicted molar refractivity (Wildman–Crippen MR) is 144 cm³/mol. The van der Waals surface area contributed by atoms with Gasteiger partial charge in [-0.25, -0.2) is 8.78 Å². The molecular formula is C29H30ClF2N5O3. The van der Waals surface area contributed by atoms with Gasteiger partial charge >= 0.3 is 0 Å². The number of hydrogen-bond acceptors (Lipinski definition) is 6. The number of amides is 1. The van der Waals surface area contributed by atoms with Gasteiger partial charge in [-0.05, 0) is 61.6 Å². The zero-order valence-corrected chi connectivity index (χ0v) is 23.0. The number of benzene rings is 2. The van der Waals surface area contributed by atoms with Crippen LogP contribution in [0.4, 0.5) is 14.5 Å². The standard InChI is InChI=1S/C29H30ClF2N5O3/c1-27(7-4-8-27)33-13-18-9-21-24(22(30)10-18)26(40-17-38)37(25(21)39)20-6-3-5-19(11-20)28(14-29(31,32)15-28)12-23-35-34-16-36(23)2/h3,5-6,9-11,16-17,26,33H,4,7-8,12-15H2,1-2H3. The lowest BCUT2D eigenvalue weighted by molar-refractivity contribution is -0.133. The Morgan fingerprint density at radius 2 is 2.00 bits per heavy atom. The highest BCUT2D eigenvalue weighted by Gasteiger charge is 2.57. The molecule has 2 aliphatic carbocycles. The summed E-state index contributed by atoms with van der Waals surface area (Å²) in [7, 11) is 1.78. The number of aromatic nitrogens is 3. The van der Waals surface area contributed by atoms with Crippen molar-refractivity contribution in [1.82, 2.24) is 20.1 Å². The summed E-state index contributed by atoms with van der Waals surface area (Å²) in [4.78, 5) is 26.7. The Bertz CT molecular complexity index is 1480. The molecule has 1 aliphatic heterocycles. The van der Waals surface area contributed by atoms with Crippen molar-refractivity contribution >= 4 is 29.7 Å². The van der Waals surface area contributed by atoms with Crippen LogP contribution < -0.4 is 10.2 Å². The second-order valence-corrected chi connectivity index (χ2v) is 12.0. The number of carbonyl (C=O) groups excluding carboxylic acids is 2. The van der Waals surface area contributed by atoms with Crippen molar-refractivity contribution in [3.05, 3.63) is 75.8 Å². The van der Waals surface area contributed by atoms with E-state index in [1.807, 2.05) is 0 Å². The summed E-state index contributed by atoms with van der Waals surface area (Å²) in [5.41, 5.74) is 1.88. The van der Waals surface area contributed by atoms with Crippen LogP contribution in [0.15, 0.2) is 42.7 Å². The van der Waals surface area contributed by atoms with Gasteiger partial charge in [0.05, 0.1) is 10.6 Å². The predicted octanol–water partition coefficient (Wildman–Crippen LogP) is 5.24. The Labute approximate surface area is 235 Å². The molecule has 0 spiro atoms. The number of rotatable bonds is 9. The lowest BCUT2D eigenvalue weighted by atomic mass is 9.60. The molecule has 11 heteroatoms. The van der Waals surface area contributed by atoms with Crippen molar-refractivity contribution in [3.63, 3.8) is 0 Å². The molecule has 2 saturated carbocycles. The molecule has 2 heterocycles. The van der Waals surface area contributed by atoms with Crippen LogP contribution in [0, 0.1) is 0 Å². The number of hydrogen-bond donors (Lipinski definition) is 1. The summed E-state index contributed by atoms with van der Waals surface area (Å²) in [6.45, 7) is 3.01. The average Bonchev–Trinajstić information content (AvgIpc) is 3.40. The minimum Gasteiger partial charge on any atom is -0.439 e. The summed E-state index contributed by atoms with van der Waals surface area (Å²) in [5, 5.41) is 11.9. The fourth-order valence-corrected chi connectivity index (χ4v) is 6.66. The Hall–Kier alpha value is -3.37. The maximum atomic E-state index is 14.3. The van der Waals surface area contributed by atoms with E-state index in [2.05, 4.69) is 22.4 Å². The van der Waals surface area contributed by atoms with E-state index in [9.17, 15) is 18.4 Å². The van der Waals surface area contributed by atoms with Crippen LogP contribution in [-0.2, 0) is 35.0 Å². The largest absolute Gasteiger partial charge is 0.439 e. The molecule has 0 saturated heterocycles. The van der Waals surface area contributed by atoms with E-state index in [1.54, 1.807) is 48.0 Å². The van der Waals surface area contributed by atoms with Crippen LogP contribution in [0.25, 0.3) is 0 Å². The van der Waals surface area contributed by atoms with Crippen LogP contribution in [0.3, 0.4) is 0 Å². The van der Waals surface area contributed by atoms with E-state index in [1.165, 1.54) is 17.6 Å². The first kappa shape index (κ1) is 26.8. The summed E-state index contributed by atoms with van der Waals surface area (Å²) in [6.07, 6.45) is 3.40. The lowest BCUT2D eigenvalue weighted by Gasteiger charge is -2.48. The zero-order chi connectivity index (χ0) is 28.3. The van der Waals surface area contributed by atoms with E-state index in [0.717, 1.165) is 18.4 Å². The summed E-state index contributed by atoms with van der Waals surface area (Å²) >= 11 is 6.68. The molecule has 1 amide bonds. The Morgan fingerprint density at radius 3 is 2.62 bits per heavy atom. The summed E-state index contributed by atoms with van der Waals surface area (Å²) < 4.78 is 35.8. The number of nitrogens with one attached hydrogen (secondary N) is 1. The van der Waals surface area contributed by atoms with E-state index >= 15 is 0 Å². The molecule has 40 heavy (non-hydrogen) atoms. The summed E-state index contributed by atoms with van der Waals surface area (Å²) in [5.74, 6) is -2.58. The quantitative estimate of drug-likeness (QED) is 0.354. The highest BCUT2D eigenvalue weighted by atomic mass is 35.5. The van der Waals surface area contributed by atoms with Crippen LogP contribution in [-0.4, -0.2) is 38.6 Å². The van der Waals surface area contributed by atoms with Gasteiger partial charge in [-0.2, -0.15) is 0 Å². The van der Waals surface area contributed by atoms with Gasteiger partial charge in [0.1, 0.15) is 12.2 Å². The molecule has 3 aliphatic rings. The van der Waals surface area contributed by atoms with E-state index in [0.29, 0.717) is 39.8 Å². The maximum absolute atomic E-state index is 14.3. The number of nitrogens with zero attached hydrogens (tertiary/aromatic N) is 4. The van der Waals surface area contributed by atoms with Gasteiger partial charge in [-0.3, -0.25) is 14.5 Å². The van der Waals surface area contributed by atoms with Crippen LogP contribution in [0.2, 0.25) is 5.02 Å². The Kier molecular flexibility index (Phi) is 6.46. The molecule has 1 aromatic heterocycles. The number of fused-ring (bicyclic) bond motifs is 1. The SMILES string of the molecule is Cn1cnnc1CC1(c2cccc(N3C(=O)c4cc(CNC5(C)CCC5)cc(Cl)c4C3OC=O)c2)CC(F)(F)C1. The monoisotopic (exact) mass is 569 g/mol. The van der Waals surface area contributed by atoms with Gasteiger partial charge < -0.3 is 14.6 Å². The van der Waals surface area contributed by atoms with Gasteiger partial charge in [0.25, 0.3) is 12.4 Å². The normalized spacial score (nSPS) is 21.9. The van der Waals surface area contributed by atoms with Gasteiger partial charge in [0, 0.05) is 55.1 Å². The molecule has 2 fully saturated rings. The fraction of sp³-hybridized carbons (Fsp3) is 0.448. The third kappa shape index (κ3) is 4.56. The molecule has 0 radical (unpaired) electrons. The first-order valence-corrected chi connectivity index (χ1v) is 13.7. The van der Waals surface area contributed by atoms with Gasteiger partial charge in [0.2, 0.25) is 12.2 Å². The maximum Gasteiger partial charge on any atom is 0.295 e. The van der Waals surface area contributed by atoms with Crippen molar-refractivity contribution in [3.8, 4) is 0 Å². The third-order valence-corrected chi connectivity index (χ3v) is 9.03. The average molecular weight is 570 g/mol. The van der Waals surface area contributed by atoms with Gasteiger partial charge in [-0.15, -0.1) is 10.2 Å².